The van der Waals surface area contributed by atoms with Crippen LogP contribution >= 0.6 is 34.2 Å². The van der Waals surface area contributed by atoms with Gasteiger partial charge in [-0.15, -0.1) is 5.10 Å². The van der Waals surface area contributed by atoms with Gasteiger partial charge >= 0.3 is 0 Å². The molecule has 0 radical (unpaired) electrons. The fourth-order valence-corrected chi connectivity index (χ4v) is 2.77. The molecule has 1 heterocycles. The van der Waals surface area contributed by atoms with Crippen molar-refractivity contribution < 1.29 is 0 Å². The normalized spacial score (nSPS) is 11.2. The smallest absolute Gasteiger partial charge is 0.0969 e. The number of nitrogens with one attached hydrogen (secondary N) is 1. The lowest BCUT2D eigenvalue weighted by molar-refractivity contribution is 0.548. The highest BCUT2D eigenvalue weighted by molar-refractivity contribution is 14.1. The fourth-order valence-electron chi connectivity index (χ4n) is 1.65. The highest BCUT2D eigenvalue weighted by Crippen LogP contribution is 2.20. The lowest BCUT2D eigenvalue weighted by Crippen LogP contribution is -2.19. The summed E-state index contributed by atoms with van der Waals surface area (Å²) in [6, 6.07) is 5.72. The van der Waals surface area contributed by atoms with Crippen molar-refractivity contribution in [1.29, 1.82) is 0 Å². The van der Waals surface area contributed by atoms with Gasteiger partial charge in [-0.3, -0.25) is 0 Å². The molecular weight excluding hydrogens is 375 g/mol. The van der Waals surface area contributed by atoms with E-state index in [1.165, 1.54) is 0 Å². The lowest BCUT2D eigenvalue weighted by Gasteiger charge is -2.05. The van der Waals surface area contributed by atoms with Crippen LogP contribution in [0.3, 0.4) is 0 Å². The molecule has 6 heteroatoms. The number of nitrogens with zero attached hydrogens (tertiary/aromatic N) is 3. The zero-order chi connectivity index (χ0) is 13.8. The number of halogens is 2. The maximum absolute atomic E-state index is 5.95. The van der Waals surface area contributed by atoms with Gasteiger partial charge < -0.3 is 5.32 Å². The van der Waals surface area contributed by atoms with Crippen LogP contribution in [-0.2, 0) is 6.54 Å². The summed E-state index contributed by atoms with van der Waals surface area (Å²) in [6.07, 6.45) is 1.94. The van der Waals surface area contributed by atoms with Crippen LogP contribution in [0.25, 0.3) is 5.69 Å². The molecule has 1 N–H and O–H groups in total. The first-order chi connectivity index (χ1) is 9.06. The second-order valence-electron chi connectivity index (χ2n) is 4.77. The molecule has 0 bridgehead atoms. The van der Waals surface area contributed by atoms with Crippen LogP contribution in [0.4, 0.5) is 0 Å². The number of rotatable bonds is 5. The number of aromatic nitrogens is 3. The van der Waals surface area contributed by atoms with E-state index in [0.717, 1.165) is 33.1 Å². The Morgan fingerprint density at radius 1 is 1.42 bits per heavy atom. The van der Waals surface area contributed by atoms with Crippen LogP contribution in [-0.4, -0.2) is 21.5 Å². The minimum Gasteiger partial charge on any atom is -0.311 e. The number of hydrogen-bond donors (Lipinski definition) is 1. The second-order valence-corrected chi connectivity index (χ2v) is 6.37. The Bertz CT molecular complexity index is 553. The molecule has 0 aliphatic carbocycles. The number of hydrogen-bond acceptors (Lipinski definition) is 3. The lowest BCUT2D eigenvalue weighted by atomic mass is 10.2. The number of benzene rings is 1. The van der Waals surface area contributed by atoms with Crippen LogP contribution in [0.5, 0.6) is 0 Å². The molecule has 102 valence electrons. The van der Waals surface area contributed by atoms with Crippen LogP contribution in [0.1, 0.15) is 19.5 Å². The predicted octanol–water partition coefficient (Wildman–Crippen LogP) is 3.27. The van der Waals surface area contributed by atoms with Gasteiger partial charge in [0.25, 0.3) is 0 Å². The molecule has 2 rings (SSSR count). The van der Waals surface area contributed by atoms with Crippen molar-refractivity contribution in [2.75, 3.05) is 6.54 Å². The summed E-state index contributed by atoms with van der Waals surface area (Å²) in [4.78, 5) is 0. The van der Waals surface area contributed by atoms with Crippen molar-refractivity contribution in [3.63, 3.8) is 0 Å². The van der Waals surface area contributed by atoms with Gasteiger partial charge in [0.1, 0.15) is 0 Å². The van der Waals surface area contributed by atoms with Gasteiger partial charge in [-0.1, -0.05) is 30.7 Å². The monoisotopic (exact) mass is 390 g/mol. The molecule has 0 fully saturated rings. The molecule has 1 aromatic carbocycles. The van der Waals surface area contributed by atoms with E-state index in [1.807, 2.05) is 24.4 Å². The zero-order valence-corrected chi connectivity index (χ0v) is 13.8. The molecule has 0 aliphatic heterocycles. The third-order valence-corrected chi connectivity index (χ3v) is 3.66. The van der Waals surface area contributed by atoms with Gasteiger partial charge in [0, 0.05) is 15.1 Å². The Balaban J connectivity index is 2.08. The van der Waals surface area contributed by atoms with E-state index in [0.29, 0.717) is 5.92 Å². The topological polar surface area (TPSA) is 42.7 Å². The van der Waals surface area contributed by atoms with Crippen molar-refractivity contribution in [3.8, 4) is 5.69 Å². The average molecular weight is 391 g/mol. The first-order valence-corrected chi connectivity index (χ1v) is 7.59. The van der Waals surface area contributed by atoms with E-state index in [1.54, 1.807) is 4.68 Å². The third kappa shape index (κ3) is 4.15. The minimum atomic E-state index is 0.632. The van der Waals surface area contributed by atoms with Crippen molar-refractivity contribution in [2.24, 2.45) is 5.92 Å². The van der Waals surface area contributed by atoms with Crippen molar-refractivity contribution in [3.05, 3.63) is 38.7 Å². The van der Waals surface area contributed by atoms with E-state index in [4.69, 9.17) is 11.6 Å². The Morgan fingerprint density at radius 2 is 2.21 bits per heavy atom. The maximum Gasteiger partial charge on any atom is 0.0969 e. The Labute approximate surface area is 131 Å². The first-order valence-electron chi connectivity index (χ1n) is 6.13. The van der Waals surface area contributed by atoms with Crippen LogP contribution < -0.4 is 5.32 Å². The SMILES string of the molecule is CC(C)CNCc1cn(-c2ccc(Cl)cc2I)nn1. The van der Waals surface area contributed by atoms with E-state index in [9.17, 15) is 0 Å². The summed E-state index contributed by atoms with van der Waals surface area (Å²) in [7, 11) is 0. The molecule has 0 amide bonds. The Morgan fingerprint density at radius 3 is 2.89 bits per heavy atom. The molecular formula is C13H16ClIN4. The molecule has 0 saturated carbocycles. The van der Waals surface area contributed by atoms with Crippen LogP contribution in [0.2, 0.25) is 5.02 Å². The Hall–Kier alpha value is -0.660. The van der Waals surface area contributed by atoms with E-state index >= 15 is 0 Å². The van der Waals surface area contributed by atoms with Gasteiger partial charge in [0.2, 0.25) is 0 Å². The second kappa shape index (κ2) is 6.67. The predicted molar refractivity (Wildman–Crippen MR) is 85.6 cm³/mol. The van der Waals surface area contributed by atoms with E-state index < -0.39 is 0 Å². The maximum atomic E-state index is 5.95. The van der Waals surface area contributed by atoms with Gasteiger partial charge in [-0.05, 0) is 53.3 Å². The van der Waals surface area contributed by atoms with Crippen molar-refractivity contribution >= 4 is 34.2 Å². The fraction of sp³-hybridized carbons (Fsp3) is 0.385. The standard InChI is InChI=1S/C13H16ClIN4/c1-9(2)6-16-7-11-8-19(18-17-11)13-4-3-10(14)5-12(13)15/h3-5,8-9,16H,6-7H2,1-2H3. The van der Waals surface area contributed by atoms with Crippen LogP contribution in [0, 0.1) is 9.49 Å². The quantitative estimate of drug-likeness (QED) is 0.797. The molecule has 1 aromatic heterocycles. The van der Waals surface area contributed by atoms with Gasteiger partial charge in [0.15, 0.2) is 0 Å². The largest absolute Gasteiger partial charge is 0.311 e. The minimum absolute atomic E-state index is 0.632. The average Bonchev–Trinajstić information content (AvgIpc) is 2.77. The summed E-state index contributed by atoms with van der Waals surface area (Å²) >= 11 is 8.20. The summed E-state index contributed by atoms with van der Waals surface area (Å²) in [6.45, 7) is 6.08. The van der Waals surface area contributed by atoms with Crippen molar-refractivity contribution in [1.82, 2.24) is 20.3 Å². The molecule has 0 unspecified atom stereocenters. The zero-order valence-electron chi connectivity index (χ0n) is 10.9. The van der Waals surface area contributed by atoms with Gasteiger partial charge in [-0.2, -0.15) is 0 Å². The molecule has 4 nitrogen and oxygen atoms in total. The highest BCUT2D eigenvalue weighted by atomic mass is 127. The highest BCUT2D eigenvalue weighted by Gasteiger charge is 2.06. The third-order valence-electron chi connectivity index (χ3n) is 2.56. The molecule has 19 heavy (non-hydrogen) atoms. The molecule has 0 spiro atoms. The summed E-state index contributed by atoms with van der Waals surface area (Å²) in [5.41, 5.74) is 1.93. The summed E-state index contributed by atoms with van der Waals surface area (Å²) < 4.78 is 2.83. The molecule has 2 aromatic rings. The van der Waals surface area contributed by atoms with Crippen molar-refractivity contribution in [2.45, 2.75) is 20.4 Å². The van der Waals surface area contributed by atoms with Gasteiger partial charge in [0.05, 0.1) is 17.6 Å². The summed E-state index contributed by atoms with van der Waals surface area (Å²) in [5, 5.41) is 12.4. The first kappa shape index (κ1) is 14.7. The van der Waals surface area contributed by atoms with Gasteiger partial charge in [-0.25, -0.2) is 4.68 Å². The molecule has 0 atom stereocenters. The Kier molecular flexibility index (Phi) is 5.18. The summed E-state index contributed by atoms with van der Waals surface area (Å²) in [5.74, 6) is 0.632. The molecule has 0 saturated heterocycles. The van der Waals surface area contributed by atoms with Crippen LogP contribution in [0.15, 0.2) is 24.4 Å². The molecule has 0 aliphatic rings. The van der Waals surface area contributed by atoms with E-state index in [2.05, 4.69) is 52.1 Å². The van der Waals surface area contributed by atoms with E-state index in [-0.39, 0.29) is 0 Å².